The molecule has 0 aliphatic heterocycles. The van der Waals surface area contributed by atoms with E-state index in [1.807, 2.05) is 6.07 Å². The molecular weight excluding hydrogens is 308 g/mol. The van der Waals surface area contributed by atoms with Crippen LogP contribution in [0.1, 0.15) is 16.7 Å². The highest BCUT2D eigenvalue weighted by molar-refractivity contribution is 7.88. The van der Waals surface area contributed by atoms with Crippen LogP contribution in [0.15, 0.2) is 48.5 Å². The molecule has 0 aliphatic rings. The summed E-state index contributed by atoms with van der Waals surface area (Å²) in [7, 11) is -3.52. The van der Waals surface area contributed by atoms with Gasteiger partial charge >= 0.3 is 0 Å². The topological polar surface area (TPSA) is 70.0 Å². The zero-order chi connectivity index (χ0) is 15.3. The molecule has 2 aromatic carbocycles. The van der Waals surface area contributed by atoms with Crippen molar-refractivity contribution in [2.75, 3.05) is 0 Å². The molecule has 0 atom stereocenters. The Morgan fingerprint density at radius 3 is 2.62 bits per heavy atom. The Morgan fingerprint density at radius 1 is 1.14 bits per heavy atom. The lowest BCUT2D eigenvalue weighted by molar-refractivity contribution is 0.580. The summed E-state index contributed by atoms with van der Waals surface area (Å²) in [5.41, 5.74) is 1.63. The lowest BCUT2D eigenvalue weighted by Crippen LogP contribution is -2.25. The lowest BCUT2D eigenvalue weighted by Gasteiger charge is -2.08. The van der Waals surface area contributed by atoms with Crippen molar-refractivity contribution >= 4 is 21.6 Å². The molecule has 0 aromatic heterocycles. The fourth-order valence-corrected chi connectivity index (χ4v) is 3.21. The monoisotopic (exact) mass is 320 g/mol. The number of nitrogens with zero attached hydrogens (tertiary/aromatic N) is 1. The van der Waals surface area contributed by atoms with Crippen LogP contribution in [-0.2, 0) is 22.3 Å². The second-order valence-corrected chi connectivity index (χ2v) is 6.72. The number of benzene rings is 2. The predicted molar refractivity (Wildman–Crippen MR) is 82.1 cm³/mol. The number of nitriles is 1. The first-order chi connectivity index (χ1) is 10.00. The summed E-state index contributed by atoms with van der Waals surface area (Å²) in [6.45, 7) is 0.164. The van der Waals surface area contributed by atoms with Crippen LogP contribution in [-0.4, -0.2) is 8.42 Å². The molecule has 0 saturated heterocycles. The fourth-order valence-electron chi connectivity index (χ4n) is 1.85. The van der Waals surface area contributed by atoms with Crippen molar-refractivity contribution in [1.29, 1.82) is 5.26 Å². The van der Waals surface area contributed by atoms with Crippen LogP contribution < -0.4 is 4.72 Å². The van der Waals surface area contributed by atoms with Gasteiger partial charge in [-0.2, -0.15) is 5.26 Å². The molecule has 0 heterocycles. The van der Waals surface area contributed by atoms with E-state index in [0.29, 0.717) is 16.1 Å². The van der Waals surface area contributed by atoms with Gasteiger partial charge in [0, 0.05) is 11.6 Å². The van der Waals surface area contributed by atoms with Crippen molar-refractivity contribution in [3.05, 3.63) is 70.2 Å². The van der Waals surface area contributed by atoms with E-state index >= 15 is 0 Å². The highest BCUT2D eigenvalue weighted by Crippen LogP contribution is 2.13. The summed E-state index contributed by atoms with van der Waals surface area (Å²) in [6, 6.07) is 15.6. The highest BCUT2D eigenvalue weighted by Gasteiger charge is 2.13. The number of sulfonamides is 1. The first-order valence-electron chi connectivity index (χ1n) is 6.20. The molecular formula is C15H13ClN2O2S. The van der Waals surface area contributed by atoms with Crippen LogP contribution >= 0.6 is 11.6 Å². The Balaban J connectivity index is 2.07. The zero-order valence-electron chi connectivity index (χ0n) is 11.1. The summed E-state index contributed by atoms with van der Waals surface area (Å²) < 4.78 is 26.7. The van der Waals surface area contributed by atoms with Crippen LogP contribution in [0.2, 0.25) is 5.02 Å². The van der Waals surface area contributed by atoms with Crippen LogP contribution in [0.5, 0.6) is 0 Å². The van der Waals surface area contributed by atoms with Crippen molar-refractivity contribution in [2.24, 2.45) is 0 Å². The quantitative estimate of drug-likeness (QED) is 0.921. The van der Waals surface area contributed by atoms with Crippen molar-refractivity contribution in [3.63, 3.8) is 0 Å². The van der Waals surface area contributed by atoms with Crippen molar-refractivity contribution in [2.45, 2.75) is 12.3 Å². The summed E-state index contributed by atoms with van der Waals surface area (Å²) in [4.78, 5) is 0. The van der Waals surface area contributed by atoms with Gasteiger partial charge in [-0.25, -0.2) is 13.1 Å². The molecule has 1 N–H and O–H groups in total. The number of rotatable bonds is 5. The smallest absolute Gasteiger partial charge is 0.212 e. The van der Waals surface area contributed by atoms with Crippen LogP contribution in [0.4, 0.5) is 0 Å². The first-order valence-corrected chi connectivity index (χ1v) is 8.23. The first kappa shape index (κ1) is 15.5. The van der Waals surface area contributed by atoms with E-state index in [9.17, 15) is 8.42 Å². The van der Waals surface area contributed by atoms with Gasteiger partial charge in [-0.1, -0.05) is 41.9 Å². The molecule has 0 spiro atoms. The molecule has 4 nitrogen and oxygen atoms in total. The molecule has 0 radical (unpaired) electrons. The lowest BCUT2D eigenvalue weighted by atomic mass is 10.1. The zero-order valence-corrected chi connectivity index (χ0v) is 12.7. The molecule has 0 fully saturated rings. The van der Waals surface area contributed by atoms with Gasteiger partial charge in [0.1, 0.15) is 0 Å². The number of nitrogens with one attached hydrogen (secondary N) is 1. The standard InChI is InChI=1S/C15H13ClN2O2S/c16-15-7-3-4-12(8-15)10-18-21(19,20)11-14-6-2-1-5-13(14)9-17/h1-8,18H,10-11H2. The minimum absolute atomic E-state index is 0.164. The minimum Gasteiger partial charge on any atom is -0.212 e. The van der Waals surface area contributed by atoms with Gasteiger partial charge in [-0.05, 0) is 29.3 Å². The Labute approximate surface area is 129 Å². The number of hydrogen-bond donors (Lipinski definition) is 1. The maximum Gasteiger partial charge on any atom is 0.216 e. The summed E-state index contributed by atoms with van der Waals surface area (Å²) >= 11 is 5.85. The van der Waals surface area contributed by atoms with E-state index < -0.39 is 10.0 Å². The largest absolute Gasteiger partial charge is 0.216 e. The molecule has 0 bridgehead atoms. The van der Waals surface area contributed by atoms with E-state index in [0.717, 1.165) is 5.56 Å². The molecule has 0 unspecified atom stereocenters. The average Bonchev–Trinajstić information content (AvgIpc) is 2.46. The molecule has 6 heteroatoms. The molecule has 2 rings (SSSR count). The average molecular weight is 321 g/mol. The molecule has 0 amide bonds. The fraction of sp³-hybridized carbons (Fsp3) is 0.133. The molecule has 0 saturated carbocycles. The summed E-state index contributed by atoms with van der Waals surface area (Å²) in [5, 5.41) is 9.53. The van der Waals surface area contributed by atoms with Gasteiger partial charge in [0.05, 0.1) is 17.4 Å². The normalized spacial score (nSPS) is 11.0. The van der Waals surface area contributed by atoms with Crippen LogP contribution in [0.25, 0.3) is 0 Å². The molecule has 2 aromatic rings. The number of halogens is 1. The Hall–Kier alpha value is -1.87. The van der Waals surface area contributed by atoms with Gasteiger partial charge in [0.25, 0.3) is 0 Å². The van der Waals surface area contributed by atoms with E-state index in [1.54, 1.807) is 48.5 Å². The van der Waals surface area contributed by atoms with Crippen LogP contribution in [0.3, 0.4) is 0 Å². The van der Waals surface area contributed by atoms with Crippen molar-refractivity contribution in [1.82, 2.24) is 4.72 Å². The third-order valence-electron chi connectivity index (χ3n) is 2.87. The van der Waals surface area contributed by atoms with Crippen molar-refractivity contribution < 1.29 is 8.42 Å². The van der Waals surface area contributed by atoms with E-state index in [4.69, 9.17) is 16.9 Å². The second kappa shape index (κ2) is 6.72. The third kappa shape index (κ3) is 4.57. The van der Waals surface area contributed by atoms with Crippen LogP contribution in [0, 0.1) is 11.3 Å². The maximum absolute atomic E-state index is 12.1. The minimum atomic E-state index is -3.52. The van der Waals surface area contributed by atoms with E-state index in [-0.39, 0.29) is 12.3 Å². The summed E-state index contributed by atoms with van der Waals surface area (Å²) in [6.07, 6.45) is 0. The Kier molecular flexibility index (Phi) is 4.97. The maximum atomic E-state index is 12.1. The Bertz CT molecular complexity index is 782. The second-order valence-electron chi connectivity index (χ2n) is 4.48. The predicted octanol–water partition coefficient (Wildman–Crippen LogP) is 2.83. The Morgan fingerprint density at radius 2 is 1.90 bits per heavy atom. The molecule has 21 heavy (non-hydrogen) atoms. The summed E-state index contributed by atoms with van der Waals surface area (Å²) in [5.74, 6) is -0.225. The van der Waals surface area contributed by atoms with Crippen molar-refractivity contribution in [3.8, 4) is 6.07 Å². The molecule has 108 valence electrons. The van der Waals surface area contributed by atoms with Gasteiger partial charge in [-0.3, -0.25) is 0 Å². The van der Waals surface area contributed by atoms with Gasteiger partial charge in [0.15, 0.2) is 0 Å². The van der Waals surface area contributed by atoms with Gasteiger partial charge in [0.2, 0.25) is 10.0 Å². The van der Waals surface area contributed by atoms with Gasteiger partial charge < -0.3 is 0 Å². The number of hydrogen-bond acceptors (Lipinski definition) is 3. The van der Waals surface area contributed by atoms with E-state index in [1.165, 1.54) is 0 Å². The van der Waals surface area contributed by atoms with E-state index in [2.05, 4.69) is 4.72 Å². The molecule has 0 aliphatic carbocycles. The third-order valence-corrected chi connectivity index (χ3v) is 4.38. The highest BCUT2D eigenvalue weighted by atomic mass is 35.5. The SMILES string of the molecule is N#Cc1ccccc1CS(=O)(=O)NCc1cccc(Cl)c1. The van der Waals surface area contributed by atoms with Gasteiger partial charge in [-0.15, -0.1) is 0 Å².